The van der Waals surface area contributed by atoms with Crippen LogP contribution in [0.15, 0.2) is 36.4 Å². The molecule has 0 saturated heterocycles. The van der Waals surface area contributed by atoms with E-state index in [4.69, 9.17) is 27.9 Å². The van der Waals surface area contributed by atoms with Crippen LogP contribution in [-0.4, -0.2) is 17.6 Å². The maximum atomic E-state index is 12.2. The molecule has 4 nitrogen and oxygen atoms in total. The fourth-order valence-electron chi connectivity index (χ4n) is 1.95. The van der Waals surface area contributed by atoms with Crippen LogP contribution in [-0.2, 0) is 6.61 Å². The summed E-state index contributed by atoms with van der Waals surface area (Å²) in [5.74, 6) is 0.212. The number of benzene rings is 2. The van der Waals surface area contributed by atoms with Crippen molar-refractivity contribution in [2.24, 2.45) is 0 Å². The molecule has 2 N–H and O–H groups in total. The van der Waals surface area contributed by atoms with Gasteiger partial charge in [-0.2, -0.15) is 0 Å². The monoisotopic (exact) mass is 339 g/mol. The van der Waals surface area contributed by atoms with Crippen LogP contribution in [0.3, 0.4) is 0 Å². The first-order valence-electron chi connectivity index (χ1n) is 6.68. The van der Waals surface area contributed by atoms with Gasteiger partial charge in [-0.25, -0.2) is 0 Å². The molecule has 0 aliphatic heterocycles. The van der Waals surface area contributed by atoms with E-state index in [1.165, 1.54) is 0 Å². The van der Waals surface area contributed by atoms with Crippen molar-refractivity contribution in [3.63, 3.8) is 0 Å². The van der Waals surface area contributed by atoms with Gasteiger partial charge in [0.25, 0.3) is 5.91 Å². The van der Waals surface area contributed by atoms with E-state index in [1.54, 1.807) is 36.4 Å². The van der Waals surface area contributed by atoms with E-state index >= 15 is 0 Å². The summed E-state index contributed by atoms with van der Waals surface area (Å²) in [6.45, 7) is 2.17. The van der Waals surface area contributed by atoms with Gasteiger partial charge < -0.3 is 15.2 Å². The van der Waals surface area contributed by atoms with Crippen molar-refractivity contribution in [3.8, 4) is 5.75 Å². The number of amides is 1. The Morgan fingerprint density at radius 1 is 1.27 bits per heavy atom. The highest BCUT2D eigenvalue weighted by atomic mass is 35.5. The molecule has 22 heavy (non-hydrogen) atoms. The Bertz CT molecular complexity index is 689. The number of aliphatic hydroxyl groups is 1. The second kappa shape index (κ2) is 7.49. The van der Waals surface area contributed by atoms with E-state index in [2.05, 4.69) is 5.32 Å². The van der Waals surface area contributed by atoms with Crippen LogP contribution >= 0.6 is 23.2 Å². The summed E-state index contributed by atoms with van der Waals surface area (Å²) in [6, 6.07) is 9.90. The lowest BCUT2D eigenvalue weighted by atomic mass is 10.1. The molecule has 2 aromatic rings. The van der Waals surface area contributed by atoms with Gasteiger partial charge in [-0.3, -0.25) is 4.79 Å². The molecule has 0 aliphatic carbocycles. The topological polar surface area (TPSA) is 58.6 Å². The van der Waals surface area contributed by atoms with E-state index < -0.39 is 0 Å². The zero-order chi connectivity index (χ0) is 16.1. The van der Waals surface area contributed by atoms with Gasteiger partial charge in [0.2, 0.25) is 0 Å². The average Bonchev–Trinajstić information content (AvgIpc) is 2.51. The zero-order valence-corrected chi connectivity index (χ0v) is 13.4. The molecule has 0 fully saturated rings. The predicted molar refractivity (Wildman–Crippen MR) is 87.9 cm³/mol. The molecule has 0 saturated carbocycles. The van der Waals surface area contributed by atoms with Crippen LogP contribution in [0.4, 0.5) is 5.69 Å². The summed E-state index contributed by atoms with van der Waals surface area (Å²) >= 11 is 11.9. The van der Waals surface area contributed by atoms with Crippen molar-refractivity contribution in [1.82, 2.24) is 0 Å². The SMILES string of the molecule is CCOc1ccc(NC(=O)c2cccc(Cl)c2Cl)cc1CO. The normalized spacial score (nSPS) is 10.4. The molecule has 0 aromatic heterocycles. The van der Waals surface area contributed by atoms with Gasteiger partial charge in [-0.1, -0.05) is 29.3 Å². The van der Waals surface area contributed by atoms with E-state index in [0.717, 1.165) is 0 Å². The Morgan fingerprint density at radius 3 is 2.73 bits per heavy atom. The molecule has 2 aromatic carbocycles. The number of nitrogens with one attached hydrogen (secondary N) is 1. The third kappa shape index (κ3) is 3.71. The Labute approximate surface area is 138 Å². The van der Waals surface area contributed by atoms with Crippen molar-refractivity contribution in [2.75, 3.05) is 11.9 Å². The van der Waals surface area contributed by atoms with Gasteiger partial charge in [0.1, 0.15) is 5.75 Å². The molecule has 0 radical (unpaired) electrons. The lowest BCUT2D eigenvalue weighted by Gasteiger charge is -2.12. The third-order valence-electron chi connectivity index (χ3n) is 2.98. The summed E-state index contributed by atoms with van der Waals surface area (Å²) in [5, 5.41) is 12.6. The number of rotatable bonds is 5. The Kier molecular flexibility index (Phi) is 5.66. The smallest absolute Gasteiger partial charge is 0.257 e. The number of anilines is 1. The number of hydrogen-bond donors (Lipinski definition) is 2. The quantitative estimate of drug-likeness (QED) is 0.860. The van der Waals surface area contributed by atoms with E-state index in [-0.39, 0.29) is 23.1 Å². The largest absolute Gasteiger partial charge is 0.494 e. The second-order valence-electron chi connectivity index (χ2n) is 4.47. The number of hydrogen-bond acceptors (Lipinski definition) is 3. The Hall–Kier alpha value is -1.75. The molecule has 0 bridgehead atoms. The van der Waals surface area contributed by atoms with Crippen molar-refractivity contribution in [3.05, 3.63) is 57.6 Å². The number of halogens is 2. The van der Waals surface area contributed by atoms with Gasteiger partial charge in [0.05, 0.1) is 28.8 Å². The summed E-state index contributed by atoms with van der Waals surface area (Å²) in [7, 11) is 0. The minimum Gasteiger partial charge on any atom is -0.494 e. The summed E-state index contributed by atoms with van der Waals surface area (Å²) in [5.41, 5.74) is 1.42. The lowest BCUT2D eigenvalue weighted by Crippen LogP contribution is -2.13. The first-order chi connectivity index (χ1) is 10.6. The highest BCUT2D eigenvalue weighted by Crippen LogP contribution is 2.27. The number of ether oxygens (including phenoxy) is 1. The number of aliphatic hydroxyl groups excluding tert-OH is 1. The molecule has 6 heteroatoms. The van der Waals surface area contributed by atoms with E-state index in [1.807, 2.05) is 6.92 Å². The average molecular weight is 340 g/mol. The van der Waals surface area contributed by atoms with Crippen LogP contribution in [0.5, 0.6) is 5.75 Å². The number of carbonyl (C=O) groups excluding carboxylic acids is 1. The molecule has 0 spiro atoms. The van der Waals surface area contributed by atoms with Gasteiger partial charge >= 0.3 is 0 Å². The lowest BCUT2D eigenvalue weighted by molar-refractivity contribution is 0.102. The zero-order valence-electron chi connectivity index (χ0n) is 11.9. The molecular weight excluding hydrogens is 325 g/mol. The van der Waals surface area contributed by atoms with Crippen LogP contribution in [0.25, 0.3) is 0 Å². The molecule has 0 heterocycles. The van der Waals surface area contributed by atoms with Crippen molar-refractivity contribution < 1.29 is 14.6 Å². The predicted octanol–water partition coefficient (Wildman–Crippen LogP) is 4.14. The van der Waals surface area contributed by atoms with E-state index in [0.29, 0.717) is 28.6 Å². The molecular formula is C16H15Cl2NO3. The minimum atomic E-state index is -0.374. The van der Waals surface area contributed by atoms with Crippen LogP contribution in [0, 0.1) is 0 Å². The molecule has 1 amide bonds. The Balaban J connectivity index is 2.23. The fourth-order valence-corrected chi connectivity index (χ4v) is 2.34. The fraction of sp³-hybridized carbons (Fsp3) is 0.188. The maximum Gasteiger partial charge on any atom is 0.257 e. The van der Waals surface area contributed by atoms with Gasteiger partial charge in [0.15, 0.2) is 0 Å². The van der Waals surface area contributed by atoms with Gasteiger partial charge in [0, 0.05) is 11.3 Å². The highest BCUT2D eigenvalue weighted by molar-refractivity contribution is 6.44. The maximum absolute atomic E-state index is 12.2. The van der Waals surface area contributed by atoms with Gasteiger partial charge in [-0.15, -0.1) is 0 Å². The molecule has 116 valence electrons. The summed E-state index contributed by atoms with van der Waals surface area (Å²) in [4.78, 5) is 12.2. The molecule has 0 unspecified atom stereocenters. The minimum absolute atomic E-state index is 0.184. The summed E-state index contributed by atoms with van der Waals surface area (Å²) < 4.78 is 5.40. The Morgan fingerprint density at radius 2 is 2.05 bits per heavy atom. The van der Waals surface area contributed by atoms with E-state index in [9.17, 15) is 9.90 Å². The highest BCUT2D eigenvalue weighted by Gasteiger charge is 2.13. The van der Waals surface area contributed by atoms with Crippen LogP contribution in [0.2, 0.25) is 10.0 Å². The van der Waals surface area contributed by atoms with Gasteiger partial charge in [-0.05, 0) is 37.3 Å². The van der Waals surface area contributed by atoms with Crippen LogP contribution < -0.4 is 10.1 Å². The van der Waals surface area contributed by atoms with Crippen molar-refractivity contribution in [1.29, 1.82) is 0 Å². The second-order valence-corrected chi connectivity index (χ2v) is 5.25. The first-order valence-corrected chi connectivity index (χ1v) is 7.44. The standard InChI is InChI=1S/C16H15Cl2NO3/c1-2-22-14-7-6-11(8-10(14)9-20)19-16(21)12-4-3-5-13(17)15(12)18/h3-8,20H,2,9H2,1H3,(H,19,21). The first kappa shape index (κ1) is 16.6. The molecule has 0 atom stereocenters. The third-order valence-corrected chi connectivity index (χ3v) is 3.80. The molecule has 0 aliphatic rings. The number of carbonyl (C=O) groups is 1. The van der Waals surface area contributed by atoms with Crippen molar-refractivity contribution >= 4 is 34.8 Å². The molecule has 2 rings (SSSR count). The summed E-state index contributed by atoms with van der Waals surface area (Å²) in [6.07, 6.45) is 0. The van der Waals surface area contributed by atoms with Crippen molar-refractivity contribution in [2.45, 2.75) is 13.5 Å². The van der Waals surface area contributed by atoms with Crippen LogP contribution in [0.1, 0.15) is 22.8 Å².